The number of allylic oxidation sites excluding steroid dienone is 1. The van der Waals surface area contributed by atoms with Gasteiger partial charge in [-0.3, -0.25) is 14.3 Å². The molecule has 0 spiro atoms. The van der Waals surface area contributed by atoms with Gasteiger partial charge in [-0.05, 0) is 88.8 Å². The lowest BCUT2D eigenvalue weighted by atomic mass is 10.1. The molecular weight excluding hydrogens is 701 g/mol. The highest BCUT2D eigenvalue weighted by molar-refractivity contribution is 7.91. The average molecular weight is 747 g/mol. The largest absolute Gasteiger partial charge is 0.497 e. The van der Waals surface area contributed by atoms with E-state index in [1.54, 1.807) is 33.1 Å². The maximum absolute atomic E-state index is 14.3. The van der Waals surface area contributed by atoms with Crippen LogP contribution in [0.5, 0.6) is 17.4 Å². The van der Waals surface area contributed by atoms with Crippen LogP contribution in [0.1, 0.15) is 57.4 Å². The normalized spacial score (nSPS) is 25.5. The van der Waals surface area contributed by atoms with Gasteiger partial charge in [-0.15, -0.1) is 0 Å². The molecule has 2 N–H and O–H groups in total. The highest BCUT2D eigenvalue weighted by Gasteiger charge is 2.63. The zero-order chi connectivity index (χ0) is 37.7. The molecule has 4 unspecified atom stereocenters. The molecule has 4 atom stereocenters. The Bertz CT molecular complexity index is 2090. The molecular formula is C38H46N6O8S. The van der Waals surface area contributed by atoms with Crippen molar-refractivity contribution in [2.75, 3.05) is 34.4 Å². The number of urea groups is 1. The first kappa shape index (κ1) is 36.4. The molecule has 7 rings (SSSR count). The first-order valence-corrected chi connectivity index (χ1v) is 19.5. The highest BCUT2D eigenvalue weighted by atomic mass is 32.2. The molecule has 0 bridgehead atoms. The Morgan fingerprint density at radius 1 is 1.04 bits per heavy atom. The molecule has 15 heteroatoms. The lowest BCUT2D eigenvalue weighted by Crippen LogP contribution is -2.58. The average Bonchev–Trinajstić information content (AvgIpc) is 4.03. The van der Waals surface area contributed by atoms with Gasteiger partial charge in [-0.1, -0.05) is 12.2 Å². The summed E-state index contributed by atoms with van der Waals surface area (Å²) in [6.45, 7) is 4.09. The Hall–Kier alpha value is -4.92. The minimum atomic E-state index is -3.95. The Balaban J connectivity index is 1.21. The van der Waals surface area contributed by atoms with Crippen molar-refractivity contribution in [1.82, 2.24) is 29.8 Å². The first-order chi connectivity index (χ1) is 25.3. The second-order valence-electron chi connectivity index (χ2n) is 14.8. The van der Waals surface area contributed by atoms with E-state index >= 15 is 0 Å². The molecule has 53 heavy (non-hydrogen) atoms. The predicted molar refractivity (Wildman–Crippen MR) is 197 cm³/mol. The van der Waals surface area contributed by atoms with Gasteiger partial charge in [0.25, 0.3) is 5.91 Å². The number of carbonyl (C=O) groups excluding carboxylic acids is 3. The summed E-state index contributed by atoms with van der Waals surface area (Å²) in [5, 5.41) is 3.55. The molecule has 3 aromatic rings. The fraction of sp³-hybridized carbons (Fsp3) is 0.500. The molecule has 2 saturated carbocycles. The van der Waals surface area contributed by atoms with Crippen molar-refractivity contribution < 1.29 is 37.0 Å². The van der Waals surface area contributed by atoms with E-state index in [0.29, 0.717) is 47.6 Å². The van der Waals surface area contributed by atoms with E-state index < -0.39 is 44.3 Å². The number of rotatable bonds is 8. The quantitative estimate of drug-likeness (QED) is 0.320. The van der Waals surface area contributed by atoms with Crippen LogP contribution in [0, 0.1) is 12.8 Å². The first-order valence-electron chi connectivity index (χ1n) is 18.0. The third-order valence-electron chi connectivity index (χ3n) is 11.1. The molecule has 4 aliphatic rings. The van der Waals surface area contributed by atoms with Gasteiger partial charge in [0.2, 0.25) is 21.8 Å². The van der Waals surface area contributed by atoms with E-state index in [1.807, 2.05) is 55.5 Å². The van der Waals surface area contributed by atoms with E-state index in [-0.39, 0.29) is 37.2 Å². The molecule has 2 aliphatic carbocycles. The van der Waals surface area contributed by atoms with Crippen molar-refractivity contribution >= 4 is 38.8 Å². The number of carbonyl (C=O) groups is 3. The monoisotopic (exact) mass is 746 g/mol. The van der Waals surface area contributed by atoms with Gasteiger partial charge in [0.15, 0.2) is 5.82 Å². The van der Waals surface area contributed by atoms with Crippen molar-refractivity contribution in [3.05, 3.63) is 54.1 Å². The van der Waals surface area contributed by atoms with Crippen LogP contribution in [0.4, 0.5) is 4.79 Å². The van der Waals surface area contributed by atoms with Crippen LogP contribution in [-0.2, 0) is 19.6 Å². The summed E-state index contributed by atoms with van der Waals surface area (Å²) in [7, 11) is 0.942. The number of methoxy groups -OCH3 is 2. The van der Waals surface area contributed by atoms with Gasteiger partial charge >= 0.3 is 6.03 Å². The minimum Gasteiger partial charge on any atom is -0.497 e. The number of nitrogens with one attached hydrogen (secondary N) is 2. The van der Waals surface area contributed by atoms with Crippen molar-refractivity contribution in [1.29, 1.82) is 0 Å². The number of sulfonamides is 1. The fourth-order valence-electron chi connectivity index (χ4n) is 7.22. The Kier molecular flexibility index (Phi) is 9.49. The summed E-state index contributed by atoms with van der Waals surface area (Å²) in [5.41, 5.74) is 0.693. The van der Waals surface area contributed by atoms with Crippen molar-refractivity contribution in [3.8, 4) is 28.8 Å². The van der Waals surface area contributed by atoms with E-state index in [4.69, 9.17) is 24.2 Å². The molecule has 1 saturated heterocycles. The van der Waals surface area contributed by atoms with E-state index in [1.165, 1.54) is 4.90 Å². The molecule has 14 nitrogen and oxygen atoms in total. The second-order valence-corrected chi connectivity index (χ2v) is 17.0. The number of amides is 4. The van der Waals surface area contributed by atoms with Gasteiger partial charge in [0.05, 0.1) is 36.4 Å². The molecule has 0 radical (unpaired) electrons. The zero-order valence-electron chi connectivity index (χ0n) is 30.7. The standard InChI is InChI=1S/C38H46N6O8S/c1-23-30(51-5)16-15-28-31(23)39-32(24-11-13-26(50-4)14-12-24)40-34(28)52-27-20-29-33(45)41-38(35(46)42-53(48,49)37(2)17-18-37)21-25(38)10-8-6-7-9-19-43(3)36(47)44(29)22-27/h8,10-16,25,27,29H,6-7,9,17-22H2,1-5H3,(H,41,45)(H,42,46). The van der Waals surface area contributed by atoms with E-state index in [0.717, 1.165) is 30.4 Å². The molecule has 3 fully saturated rings. The van der Waals surface area contributed by atoms with E-state index in [2.05, 4.69) is 10.0 Å². The SMILES string of the molecule is COc1ccc(-c2nc(OC3CC4C(=O)NC5(C(=O)NS(=O)(=O)C6(C)CC6)CC5C=CCCCCN(C)C(=O)N4C3)c3ccc(OC)c(C)c3n2)cc1. The Morgan fingerprint density at radius 2 is 1.79 bits per heavy atom. The van der Waals surface area contributed by atoms with Gasteiger partial charge in [-0.25, -0.2) is 18.2 Å². The molecule has 2 aliphatic heterocycles. The molecule has 2 aromatic carbocycles. The number of nitrogens with zero attached hydrogens (tertiary/aromatic N) is 4. The van der Waals surface area contributed by atoms with Crippen LogP contribution in [0.2, 0.25) is 0 Å². The van der Waals surface area contributed by atoms with E-state index in [9.17, 15) is 22.8 Å². The molecule has 4 amide bonds. The summed E-state index contributed by atoms with van der Waals surface area (Å²) in [4.78, 5) is 54.8. The molecule has 1 aromatic heterocycles. The Morgan fingerprint density at radius 3 is 2.49 bits per heavy atom. The van der Waals surface area contributed by atoms with Crippen LogP contribution >= 0.6 is 0 Å². The van der Waals surface area contributed by atoms with Gasteiger partial charge < -0.3 is 29.3 Å². The number of ether oxygens (including phenoxy) is 3. The number of hydrogen-bond acceptors (Lipinski definition) is 10. The molecule has 282 valence electrons. The third-order valence-corrected chi connectivity index (χ3v) is 13.3. The third kappa shape index (κ3) is 6.86. The number of benzene rings is 2. The van der Waals surface area contributed by atoms with Crippen LogP contribution in [0.15, 0.2) is 48.6 Å². The second kappa shape index (κ2) is 13.8. The summed E-state index contributed by atoms with van der Waals surface area (Å²) >= 11 is 0. The maximum Gasteiger partial charge on any atom is 0.320 e. The lowest BCUT2D eigenvalue weighted by molar-refractivity contribution is -0.131. The number of aromatic nitrogens is 2. The van der Waals surface area contributed by atoms with Gasteiger partial charge in [0.1, 0.15) is 29.2 Å². The summed E-state index contributed by atoms with van der Waals surface area (Å²) in [6.07, 6.45) is 6.76. The summed E-state index contributed by atoms with van der Waals surface area (Å²) in [6, 6.07) is 9.64. The predicted octanol–water partition coefficient (Wildman–Crippen LogP) is 4.11. The fourth-order valence-corrected chi connectivity index (χ4v) is 8.53. The minimum absolute atomic E-state index is 0.0784. The van der Waals surface area contributed by atoms with Gasteiger partial charge in [0, 0.05) is 37.1 Å². The zero-order valence-corrected chi connectivity index (χ0v) is 31.5. The number of aryl methyl sites for hydroxylation is 1. The lowest BCUT2D eigenvalue weighted by Gasteiger charge is -2.30. The van der Waals surface area contributed by atoms with Gasteiger partial charge in [-0.2, -0.15) is 4.98 Å². The topological polar surface area (TPSA) is 169 Å². The smallest absolute Gasteiger partial charge is 0.320 e. The van der Waals surface area contributed by atoms with Crippen LogP contribution in [-0.4, -0.2) is 103 Å². The van der Waals surface area contributed by atoms with Crippen molar-refractivity contribution in [2.45, 2.75) is 81.2 Å². The highest BCUT2D eigenvalue weighted by Crippen LogP contribution is 2.47. The van der Waals surface area contributed by atoms with Crippen molar-refractivity contribution in [2.24, 2.45) is 5.92 Å². The van der Waals surface area contributed by atoms with Crippen molar-refractivity contribution in [3.63, 3.8) is 0 Å². The summed E-state index contributed by atoms with van der Waals surface area (Å²) in [5.74, 6) is 0.324. The number of hydrogen-bond donors (Lipinski definition) is 2. The van der Waals surface area contributed by atoms with Crippen LogP contribution in [0.3, 0.4) is 0 Å². The molecule has 3 heterocycles. The Labute approximate surface area is 309 Å². The maximum atomic E-state index is 14.3. The number of fused-ring (bicyclic) bond motifs is 3. The summed E-state index contributed by atoms with van der Waals surface area (Å²) < 4.78 is 45.0. The van der Waals surface area contributed by atoms with Crippen LogP contribution < -0.4 is 24.2 Å². The van der Waals surface area contributed by atoms with Crippen LogP contribution in [0.25, 0.3) is 22.3 Å².